The number of aryl methyl sites for hydroxylation is 1. The van der Waals surface area contributed by atoms with Crippen LogP contribution in [0.5, 0.6) is 0 Å². The van der Waals surface area contributed by atoms with Gasteiger partial charge in [0.1, 0.15) is 18.7 Å². The zero-order chi connectivity index (χ0) is 19.0. The minimum absolute atomic E-state index is 0.0325. The smallest absolute Gasteiger partial charge is 0.290 e. The first-order chi connectivity index (χ1) is 13.0. The number of rotatable bonds is 4. The van der Waals surface area contributed by atoms with Crippen LogP contribution in [0.3, 0.4) is 0 Å². The second-order valence-electron chi connectivity index (χ2n) is 7.97. The summed E-state index contributed by atoms with van der Waals surface area (Å²) in [4.78, 5) is 18.1. The van der Waals surface area contributed by atoms with E-state index in [1.54, 1.807) is 4.90 Å². The molecule has 2 heterocycles. The third-order valence-electron chi connectivity index (χ3n) is 5.76. The second kappa shape index (κ2) is 7.33. The molecular weight excluding hydrogens is 338 g/mol. The average Bonchev–Trinajstić information content (AvgIpc) is 3.03. The standard InChI is InChI=1S/C22H27N3O2/c1-16-18-9-8-17-6-4-5-7-19(17)21(18)27-20(16)22(26)25-14-12-24(13-15-25)11-10-23(2)3/h4-9H,10-15H2,1-3H3/p+2. The summed E-state index contributed by atoms with van der Waals surface area (Å²) in [6, 6.07) is 12.3. The highest BCUT2D eigenvalue weighted by atomic mass is 16.3. The van der Waals surface area contributed by atoms with Crippen molar-refractivity contribution in [3.63, 3.8) is 0 Å². The van der Waals surface area contributed by atoms with E-state index in [1.807, 2.05) is 24.0 Å². The highest BCUT2D eigenvalue weighted by Gasteiger charge is 2.28. The fourth-order valence-electron chi connectivity index (χ4n) is 4.00. The Balaban J connectivity index is 1.55. The van der Waals surface area contributed by atoms with Crippen molar-refractivity contribution in [1.82, 2.24) is 4.90 Å². The number of benzene rings is 2. The average molecular weight is 367 g/mol. The Morgan fingerprint density at radius 1 is 1.11 bits per heavy atom. The molecule has 27 heavy (non-hydrogen) atoms. The van der Waals surface area contributed by atoms with Gasteiger partial charge in [0.25, 0.3) is 5.91 Å². The molecule has 3 aromatic rings. The van der Waals surface area contributed by atoms with Gasteiger partial charge in [-0.2, -0.15) is 0 Å². The molecule has 0 aliphatic carbocycles. The van der Waals surface area contributed by atoms with E-state index in [-0.39, 0.29) is 5.91 Å². The number of carbonyl (C=O) groups excluding carboxylic acids is 1. The molecular formula is C22H29N3O2+2. The predicted molar refractivity (Wildman–Crippen MR) is 108 cm³/mol. The van der Waals surface area contributed by atoms with Crippen molar-refractivity contribution in [1.29, 1.82) is 0 Å². The van der Waals surface area contributed by atoms with Crippen LogP contribution in [-0.4, -0.2) is 64.2 Å². The highest BCUT2D eigenvalue weighted by Crippen LogP contribution is 2.32. The highest BCUT2D eigenvalue weighted by molar-refractivity contribution is 6.08. The van der Waals surface area contributed by atoms with Gasteiger partial charge in [-0.1, -0.05) is 36.4 Å². The summed E-state index contributed by atoms with van der Waals surface area (Å²) >= 11 is 0. The summed E-state index contributed by atoms with van der Waals surface area (Å²) in [5, 5.41) is 3.24. The molecule has 1 fully saturated rings. The molecule has 0 unspecified atom stereocenters. The van der Waals surface area contributed by atoms with Crippen molar-refractivity contribution in [2.75, 3.05) is 53.4 Å². The van der Waals surface area contributed by atoms with E-state index in [4.69, 9.17) is 4.42 Å². The van der Waals surface area contributed by atoms with Crippen molar-refractivity contribution >= 4 is 27.6 Å². The molecule has 0 saturated carbocycles. The summed E-state index contributed by atoms with van der Waals surface area (Å²) in [5.74, 6) is 0.535. The first kappa shape index (κ1) is 18.0. The van der Waals surface area contributed by atoms with Gasteiger partial charge in [0.2, 0.25) is 0 Å². The number of nitrogens with one attached hydrogen (secondary N) is 2. The van der Waals surface area contributed by atoms with E-state index >= 15 is 0 Å². The Morgan fingerprint density at radius 3 is 2.59 bits per heavy atom. The summed E-state index contributed by atoms with van der Waals surface area (Å²) < 4.78 is 6.13. The van der Waals surface area contributed by atoms with Gasteiger partial charge in [-0.15, -0.1) is 0 Å². The van der Waals surface area contributed by atoms with Crippen LogP contribution in [0.25, 0.3) is 21.7 Å². The van der Waals surface area contributed by atoms with Crippen molar-refractivity contribution in [3.05, 3.63) is 47.7 Å². The minimum Gasteiger partial charge on any atom is -0.450 e. The third-order valence-corrected chi connectivity index (χ3v) is 5.76. The van der Waals surface area contributed by atoms with Gasteiger partial charge in [0.05, 0.1) is 40.3 Å². The molecule has 1 aliphatic heterocycles. The molecule has 0 bridgehead atoms. The molecule has 1 aliphatic rings. The lowest BCUT2D eigenvalue weighted by molar-refractivity contribution is -0.943. The Labute approximate surface area is 160 Å². The van der Waals surface area contributed by atoms with E-state index in [1.165, 1.54) is 18.0 Å². The lowest BCUT2D eigenvalue weighted by Crippen LogP contribution is -3.19. The maximum Gasteiger partial charge on any atom is 0.290 e. The van der Waals surface area contributed by atoms with E-state index in [9.17, 15) is 4.79 Å². The quantitative estimate of drug-likeness (QED) is 0.700. The zero-order valence-corrected chi connectivity index (χ0v) is 16.5. The lowest BCUT2D eigenvalue weighted by Gasteiger charge is -2.31. The number of amides is 1. The molecule has 4 rings (SSSR count). The molecule has 142 valence electrons. The van der Waals surface area contributed by atoms with Gasteiger partial charge in [-0.25, -0.2) is 0 Å². The van der Waals surface area contributed by atoms with Gasteiger partial charge in [0, 0.05) is 16.3 Å². The molecule has 5 heteroatoms. The fraction of sp³-hybridized carbons (Fsp3) is 0.409. The van der Waals surface area contributed by atoms with Crippen LogP contribution in [0.4, 0.5) is 0 Å². The normalized spacial score (nSPS) is 15.9. The summed E-state index contributed by atoms with van der Waals surface area (Å²) in [6.45, 7) is 7.96. The van der Waals surface area contributed by atoms with E-state index < -0.39 is 0 Å². The lowest BCUT2D eigenvalue weighted by atomic mass is 10.1. The van der Waals surface area contributed by atoms with Crippen molar-refractivity contribution in [3.8, 4) is 0 Å². The molecule has 0 atom stereocenters. The monoisotopic (exact) mass is 367 g/mol. The van der Waals surface area contributed by atoms with Gasteiger partial charge >= 0.3 is 0 Å². The maximum atomic E-state index is 13.1. The topological polar surface area (TPSA) is 42.3 Å². The van der Waals surface area contributed by atoms with Crippen LogP contribution < -0.4 is 9.80 Å². The van der Waals surface area contributed by atoms with Crippen LogP contribution in [0, 0.1) is 6.92 Å². The molecule has 1 saturated heterocycles. The molecule has 1 aromatic heterocycles. The van der Waals surface area contributed by atoms with Gasteiger partial charge in [-0.05, 0) is 12.3 Å². The summed E-state index contributed by atoms with van der Waals surface area (Å²) in [7, 11) is 4.38. The number of fused-ring (bicyclic) bond motifs is 3. The van der Waals surface area contributed by atoms with Crippen LogP contribution in [0.15, 0.2) is 40.8 Å². The molecule has 2 aromatic carbocycles. The SMILES string of the molecule is Cc1c(C(=O)N2CC[NH+](CC[NH+](C)C)CC2)oc2c1ccc1ccccc12. The van der Waals surface area contributed by atoms with Crippen LogP contribution in [0.1, 0.15) is 16.1 Å². The molecule has 5 nitrogen and oxygen atoms in total. The minimum atomic E-state index is 0.0325. The Hall–Kier alpha value is -2.37. The first-order valence-corrected chi connectivity index (χ1v) is 9.87. The van der Waals surface area contributed by atoms with Gasteiger partial charge < -0.3 is 19.1 Å². The number of carbonyl (C=O) groups is 1. The number of piperazine rings is 1. The molecule has 0 radical (unpaired) electrons. The number of likely N-dealkylation sites (N-methyl/N-ethyl adjacent to an activating group) is 1. The molecule has 2 N–H and O–H groups in total. The third kappa shape index (κ3) is 3.45. The number of furan rings is 1. The van der Waals surface area contributed by atoms with Gasteiger partial charge in [-0.3, -0.25) is 4.79 Å². The van der Waals surface area contributed by atoms with Gasteiger partial charge in [0.15, 0.2) is 5.76 Å². The van der Waals surface area contributed by atoms with Crippen LogP contribution in [0.2, 0.25) is 0 Å². The van der Waals surface area contributed by atoms with Crippen molar-refractivity contribution in [2.45, 2.75) is 6.92 Å². The van der Waals surface area contributed by atoms with Crippen molar-refractivity contribution < 1.29 is 19.0 Å². The maximum absolute atomic E-state index is 13.1. The predicted octanol–water partition coefficient (Wildman–Crippen LogP) is 0.380. The summed E-state index contributed by atoms with van der Waals surface area (Å²) in [6.07, 6.45) is 0. The molecule has 1 amide bonds. The van der Waals surface area contributed by atoms with Crippen LogP contribution in [-0.2, 0) is 0 Å². The zero-order valence-electron chi connectivity index (χ0n) is 16.5. The van der Waals surface area contributed by atoms with Crippen molar-refractivity contribution in [2.24, 2.45) is 0 Å². The Morgan fingerprint density at radius 2 is 1.85 bits per heavy atom. The fourth-order valence-corrected chi connectivity index (χ4v) is 4.00. The molecule has 0 spiro atoms. The largest absolute Gasteiger partial charge is 0.450 e. The number of nitrogens with zero attached hydrogens (tertiary/aromatic N) is 1. The van der Waals surface area contributed by atoms with Crippen LogP contribution >= 0.6 is 0 Å². The summed E-state index contributed by atoms with van der Waals surface area (Å²) in [5.41, 5.74) is 1.78. The number of hydrogen-bond acceptors (Lipinski definition) is 2. The second-order valence-corrected chi connectivity index (χ2v) is 7.97. The Bertz CT molecular complexity index is 968. The first-order valence-electron chi connectivity index (χ1n) is 9.87. The number of hydrogen-bond donors (Lipinski definition) is 2. The Kier molecular flexibility index (Phi) is 4.89. The number of quaternary nitrogens is 2. The van der Waals surface area contributed by atoms with E-state index in [0.717, 1.165) is 53.5 Å². The van der Waals surface area contributed by atoms with E-state index in [0.29, 0.717) is 5.76 Å². The van der Waals surface area contributed by atoms with E-state index in [2.05, 4.69) is 38.4 Å².